The van der Waals surface area contributed by atoms with E-state index in [4.69, 9.17) is 22.1 Å². The van der Waals surface area contributed by atoms with Crippen molar-refractivity contribution in [2.45, 2.75) is 12.6 Å². The summed E-state index contributed by atoms with van der Waals surface area (Å²) in [6, 6.07) is 8.22. The van der Waals surface area contributed by atoms with Crippen LogP contribution in [0.15, 0.2) is 54.7 Å². The molecular weight excluding hydrogens is 590 g/mol. The lowest BCUT2D eigenvalue weighted by molar-refractivity contribution is -0.137. The minimum absolute atomic E-state index is 0.0344. The molecular formula is C26H22ClF4N5O6. The maximum atomic E-state index is 15.4. The number of primary amides is 1. The highest BCUT2D eigenvalue weighted by atomic mass is 35.5. The van der Waals surface area contributed by atoms with E-state index in [9.17, 15) is 32.7 Å². The molecule has 1 aliphatic rings. The van der Waals surface area contributed by atoms with Crippen LogP contribution < -0.4 is 20.3 Å². The number of aliphatic hydroxyl groups excluding tert-OH is 1. The summed E-state index contributed by atoms with van der Waals surface area (Å²) < 4.78 is 65.7. The number of aliphatic hydroxyl groups is 1. The van der Waals surface area contributed by atoms with Gasteiger partial charge in [0.1, 0.15) is 11.5 Å². The molecule has 11 nitrogen and oxygen atoms in total. The third-order valence-electron chi connectivity index (χ3n) is 5.92. The molecule has 2 heterocycles. The lowest BCUT2D eigenvalue weighted by Gasteiger charge is -2.42. The first-order chi connectivity index (χ1) is 19.9. The first-order valence-corrected chi connectivity index (χ1v) is 12.5. The van der Waals surface area contributed by atoms with Crippen LogP contribution in [-0.2, 0) is 10.9 Å². The van der Waals surface area contributed by atoms with Gasteiger partial charge in [0.25, 0.3) is 0 Å². The number of ether oxygens (including phenoxy) is 2. The summed E-state index contributed by atoms with van der Waals surface area (Å²) >= 11 is 5.74. The molecule has 4 rings (SSSR count). The van der Waals surface area contributed by atoms with Gasteiger partial charge in [0, 0.05) is 37.2 Å². The summed E-state index contributed by atoms with van der Waals surface area (Å²) in [5.74, 6) is -2.04. The van der Waals surface area contributed by atoms with Crippen LogP contribution in [0.25, 0.3) is 0 Å². The van der Waals surface area contributed by atoms with Crippen molar-refractivity contribution in [1.82, 2.24) is 9.88 Å². The summed E-state index contributed by atoms with van der Waals surface area (Å²) in [5.41, 5.74) is 3.07. The van der Waals surface area contributed by atoms with Crippen LogP contribution in [0.3, 0.4) is 0 Å². The van der Waals surface area contributed by atoms with Gasteiger partial charge in [0.2, 0.25) is 0 Å². The van der Waals surface area contributed by atoms with Gasteiger partial charge in [-0.3, -0.25) is 14.7 Å². The van der Waals surface area contributed by atoms with Crippen molar-refractivity contribution >= 4 is 41.1 Å². The molecule has 1 saturated heterocycles. The number of hydrogen-bond acceptors (Lipinski definition) is 8. The van der Waals surface area contributed by atoms with Crippen LogP contribution in [0.4, 0.5) is 38.5 Å². The standard InChI is InChI=1S/C26H22ClF4N5O6/c27-19-4-2-15(10-18(19)26(29,30)31)35-13-34(8-1-9-37)14-36(25(35)40)22-5-3-16(11-20(22)28)41-17-6-7-33-21(12-17)23(38)42-24(32)39/h2-7,10-12,37H,1,8-9,13-14H2,(H2,32,39). The summed E-state index contributed by atoms with van der Waals surface area (Å²) in [5, 5.41) is 8.72. The Morgan fingerprint density at radius 2 is 1.76 bits per heavy atom. The van der Waals surface area contributed by atoms with E-state index < -0.39 is 40.7 Å². The van der Waals surface area contributed by atoms with Crippen LogP contribution in [0.5, 0.6) is 11.5 Å². The zero-order valence-electron chi connectivity index (χ0n) is 21.5. The third kappa shape index (κ3) is 7.05. The predicted molar refractivity (Wildman–Crippen MR) is 141 cm³/mol. The van der Waals surface area contributed by atoms with Crippen LogP contribution in [0.1, 0.15) is 22.5 Å². The second-order valence-electron chi connectivity index (χ2n) is 8.86. The van der Waals surface area contributed by atoms with Gasteiger partial charge in [-0.15, -0.1) is 0 Å². The topological polar surface area (TPSA) is 139 Å². The van der Waals surface area contributed by atoms with Crippen LogP contribution in [0, 0.1) is 5.82 Å². The lowest BCUT2D eigenvalue weighted by Crippen LogP contribution is -2.59. The number of anilines is 2. The summed E-state index contributed by atoms with van der Waals surface area (Å²) in [6.07, 6.45) is -4.63. The van der Waals surface area contributed by atoms with Gasteiger partial charge in [-0.25, -0.2) is 23.8 Å². The first-order valence-electron chi connectivity index (χ1n) is 12.1. The molecule has 1 aromatic heterocycles. The zero-order chi connectivity index (χ0) is 30.6. The maximum absolute atomic E-state index is 15.4. The number of carbonyl (C=O) groups is 3. The lowest BCUT2D eigenvalue weighted by atomic mass is 10.1. The fourth-order valence-corrected chi connectivity index (χ4v) is 4.28. The van der Waals surface area contributed by atoms with Gasteiger partial charge in [-0.2, -0.15) is 13.2 Å². The number of aromatic nitrogens is 1. The molecule has 0 bridgehead atoms. The number of alkyl halides is 3. The Balaban J connectivity index is 1.61. The molecule has 1 aliphatic heterocycles. The van der Waals surface area contributed by atoms with Gasteiger partial charge in [-0.05, 0) is 42.8 Å². The highest BCUT2D eigenvalue weighted by Gasteiger charge is 2.37. The molecule has 0 unspecified atom stereocenters. The summed E-state index contributed by atoms with van der Waals surface area (Å²) in [7, 11) is 0. The minimum Gasteiger partial charge on any atom is -0.457 e. The van der Waals surface area contributed by atoms with E-state index >= 15 is 4.39 Å². The SMILES string of the molecule is NC(=O)OC(=O)c1cc(Oc2ccc(N3CN(CCCO)CN(c4ccc(Cl)c(C(F)(F)F)c4)C3=O)c(F)c2)ccn1. The molecule has 3 amide bonds. The van der Waals surface area contributed by atoms with E-state index in [2.05, 4.69) is 9.72 Å². The van der Waals surface area contributed by atoms with Gasteiger partial charge in [0.05, 0.1) is 29.6 Å². The second kappa shape index (κ2) is 12.6. The number of nitrogens with two attached hydrogens (primary N) is 1. The zero-order valence-corrected chi connectivity index (χ0v) is 22.2. The molecule has 0 spiro atoms. The smallest absolute Gasteiger partial charge is 0.417 e. The van der Waals surface area contributed by atoms with Crippen LogP contribution in [0.2, 0.25) is 5.02 Å². The van der Waals surface area contributed by atoms with Crippen molar-refractivity contribution in [3.05, 3.63) is 76.8 Å². The van der Waals surface area contributed by atoms with Crippen molar-refractivity contribution in [1.29, 1.82) is 0 Å². The summed E-state index contributed by atoms with van der Waals surface area (Å²) in [6.45, 7) is -0.176. The molecule has 16 heteroatoms. The molecule has 42 heavy (non-hydrogen) atoms. The number of urea groups is 1. The van der Waals surface area contributed by atoms with E-state index in [1.807, 2.05) is 0 Å². The Kier molecular flexibility index (Phi) is 9.14. The van der Waals surface area contributed by atoms with Gasteiger partial charge < -0.3 is 20.3 Å². The maximum Gasteiger partial charge on any atom is 0.417 e. The van der Waals surface area contributed by atoms with E-state index in [1.165, 1.54) is 30.5 Å². The molecule has 222 valence electrons. The van der Waals surface area contributed by atoms with E-state index in [-0.39, 0.29) is 55.1 Å². The average Bonchev–Trinajstić information content (AvgIpc) is 2.92. The molecule has 0 atom stereocenters. The van der Waals surface area contributed by atoms with Gasteiger partial charge >= 0.3 is 24.3 Å². The number of hydrogen-bond donors (Lipinski definition) is 2. The van der Waals surface area contributed by atoms with Crippen molar-refractivity contribution in [3.8, 4) is 11.5 Å². The molecule has 0 radical (unpaired) electrons. The van der Waals surface area contributed by atoms with Crippen molar-refractivity contribution in [2.75, 3.05) is 36.3 Å². The predicted octanol–water partition coefficient (Wildman–Crippen LogP) is 4.97. The number of esters is 1. The Bertz CT molecular complexity index is 1510. The molecule has 0 saturated carbocycles. The number of carbonyl (C=O) groups excluding carboxylic acids is 3. The van der Waals surface area contributed by atoms with E-state index in [0.717, 1.165) is 34.1 Å². The number of rotatable bonds is 8. The van der Waals surface area contributed by atoms with Crippen molar-refractivity contribution in [2.24, 2.45) is 5.73 Å². The Morgan fingerprint density at radius 1 is 1.05 bits per heavy atom. The quantitative estimate of drug-likeness (QED) is 0.207. The number of nitrogens with zero attached hydrogens (tertiary/aromatic N) is 4. The van der Waals surface area contributed by atoms with E-state index in [0.29, 0.717) is 6.42 Å². The Labute approximate surface area is 240 Å². The van der Waals surface area contributed by atoms with Crippen molar-refractivity contribution < 1.29 is 46.5 Å². The number of benzene rings is 2. The van der Waals surface area contributed by atoms with Gasteiger partial charge in [-0.1, -0.05) is 11.6 Å². The highest BCUT2D eigenvalue weighted by Crippen LogP contribution is 2.38. The Hall–Kier alpha value is -4.47. The molecule has 3 N–H and O–H groups in total. The average molecular weight is 612 g/mol. The Morgan fingerprint density at radius 3 is 2.43 bits per heavy atom. The van der Waals surface area contributed by atoms with Gasteiger partial charge in [0.15, 0.2) is 11.5 Å². The largest absolute Gasteiger partial charge is 0.457 e. The fraction of sp³-hybridized carbons (Fsp3) is 0.231. The fourth-order valence-electron chi connectivity index (χ4n) is 4.05. The third-order valence-corrected chi connectivity index (χ3v) is 6.25. The number of pyridine rings is 1. The summed E-state index contributed by atoms with van der Waals surface area (Å²) in [4.78, 5) is 43.6. The number of halogens is 5. The monoisotopic (exact) mass is 611 g/mol. The van der Waals surface area contributed by atoms with Crippen LogP contribution in [-0.4, -0.2) is 59.6 Å². The molecule has 1 fully saturated rings. The molecule has 2 aromatic carbocycles. The van der Waals surface area contributed by atoms with E-state index in [1.54, 1.807) is 4.90 Å². The normalized spacial score (nSPS) is 14.2. The highest BCUT2D eigenvalue weighted by molar-refractivity contribution is 6.31. The number of amides is 3. The minimum atomic E-state index is -4.78. The van der Waals surface area contributed by atoms with Crippen LogP contribution >= 0.6 is 11.6 Å². The second-order valence-corrected chi connectivity index (χ2v) is 9.26. The first kappa shape index (κ1) is 30.5. The molecule has 3 aromatic rings. The van der Waals surface area contributed by atoms with Crippen molar-refractivity contribution in [3.63, 3.8) is 0 Å². The molecule has 0 aliphatic carbocycles.